The molecule has 0 fully saturated rings. The number of hydrogen-bond donors (Lipinski definition) is 2. The zero-order valence-electron chi connectivity index (χ0n) is 11.5. The second kappa shape index (κ2) is 6.35. The number of halogens is 2. The van der Waals surface area contributed by atoms with Crippen molar-refractivity contribution in [1.82, 2.24) is 0 Å². The molecule has 106 valence electrons. The fourth-order valence-electron chi connectivity index (χ4n) is 1.93. The minimum atomic E-state index is -0.484. The van der Waals surface area contributed by atoms with Gasteiger partial charge in [0.05, 0.1) is 0 Å². The molecule has 19 heavy (non-hydrogen) atoms. The summed E-state index contributed by atoms with van der Waals surface area (Å²) in [5.74, 6) is -0.722. The van der Waals surface area contributed by atoms with E-state index in [9.17, 15) is 9.18 Å². The summed E-state index contributed by atoms with van der Waals surface area (Å²) in [6, 6.07) is 3.68. The molecule has 0 saturated carbocycles. The van der Waals surface area contributed by atoms with Gasteiger partial charge in [-0.2, -0.15) is 0 Å². The Morgan fingerprint density at radius 2 is 2.05 bits per heavy atom. The van der Waals surface area contributed by atoms with Crippen molar-refractivity contribution in [3.8, 4) is 0 Å². The van der Waals surface area contributed by atoms with Crippen LogP contribution in [0.1, 0.15) is 33.6 Å². The molecule has 1 aromatic carbocycles. The van der Waals surface area contributed by atoms with E-state index in [0.717, 1.165) is 6.42 Å². The number of nitrogens with one attached hydrogen (secondary N) is 1. The Morgan fingerprint density at radius 1 is 1.42 bits per heavy atom. The van der Waals surface area contributed by atoms with Crippen molar-refractivity contribution in [2.75, 3.05) is 5.32 Å². The van der Waals surface area contributed by atoms with Gasteiger partial charge in [0.1, 0.15) is 5.82 Å². The van der Waals surface area contributed by atoms with Gasteiger partial charge < -0.3 is 11.1 Å². The van der Waals surface area contributed by atoms with E-state index in [-0.39, 0.29) is 28.8 Å². The quantitative estimate of drug-likeness (QED) is 0.889. The van der Waals surface area contributed by atoms with E-state index in [1.54, 1.807) is 0 Å². The predicted octanol–water partition coefficient (Wildman–Crippen LogP) is 3.57. The van der Waals surface area contributed by atoms with E-state index in [1.807, 2.05) is 0 Å². The van der Waals surface area contributed by atoms with Crippen LogP contribution >= 0.6 is 11.6 Å². The lowest BCUT2D eigenvalue weighted by Crippen LogP contribution is -2.31. The number of carbonyl (C=O) groups excluding carboxylic acids is 1. The molecule has 1 amide bonds. The molecule has 1 atom stereocenters. The molecule has 3 N–H and O–H groups in total. The molecule has 0 aliphatic heterocycles. The van der Waals surface area contributed by atoms with Gasteiger partial charge in [0.2, 0.25) is 5.91 Å². The van der Waals surface area contributed by atoms with Crippen LogP contribution in [0, 0.1) is 11.2 Å². The van der Waals surface area contributed by atoms with Gasteiger partial charge >= 0.3 is 0 Å². The van der Waals surface area contributed by atoms with E-state index in [0.29, 0.717) is 5.69 Å². The predicted molar refractivity (Wildman–Crippen MR) is 76.7 cm³/mol. The Labute approximate surface area is 118 Å². The second-order valence-electron chi connectivity index (χ2n) is 5.94. The van der Waals surface area contributed by atoms with Crippen molar-refractivity contribution in [2.24, 2.45) is 11.1 Å². The summed E-state index contributed by atoms with van der Waals surface area (Å²) < 4.78 is 13.1. The molecule has 0 bridgehead atoms. The Kier molecular flexibility index (Phi) is 5.32. The number of anilines is 1. The molecule has 0 radical (unpaired) electrons. The highest BCUT2D eigenvalue weighted by molar-refractivity contribution is 6.30. The Bertz CT molecular complexity index is 437. The molecular weight excluding hydrogens is 267 g/mol. The van der Waals surface area contributed by atoms with Crippen LogP contribution in [-0.2, 0) is 4.79 Å². The summed E-state index contributed by atoms with van der Waals surface area (Å²) >= 11 is 5.71. The molecule has 3 nitrogen and oxygen atoms in total. The van der Waals surface area contributed by atoms with Crippen LogP contribution in [0.3, 0.4) is 0 Å². The Balaban J connectivity index is 2.55. The number of amides is 1. The van der Waals surface area contributed by atoms with Crippen LogP contribution in [-0.4, -0.2) is 11.9 Å². The number of nitrogens with two attached hydrogens (primary N) is 1. The van der Waals surface area contributed by atoms with E-state index in [2.05, 4.69) is 26.1 Å². The monoisotopic (exact) mass is 286 g/mol. The molecule has 0 aromatic heterocycles. The fourth-order valence-corrected chi connectivity index (χ4v) is 2.16. The normalized spacial score (nSPS) is 13.2. The summed E-state index contributed by atoms with van der Waals surface area (Å²) in [7, 11) is 0. The van der Waals surface area contributed by atoms with Crippen LogP contribution in [0.25, 0.3) is 0 Å². The first-order valence-electron chi connectivity index (χ1n) is 6.17. The molecule has 1 aromatic rings. The van der Waals surface area contributed by atoms with Crippen LogP contribution in [0.4, 0.5) is 10.1 Å². The Morgan fingerprint density at radius 3 is 2.58 bits per heavy atom. The lowest BCUT2D eigenvalue weighted by Gasteiger charge is -2.22. The molecule has 0 heterocycles. The van der Waals surface area contributed by atoms with E-state index in [1.165, 1.54) is 18.2 Å². The summed E-state index contributed by atoms with van der Waals surface area (Å²) in [5, 5.41) is 2.84. The lowest BCUT2D eigenvalue weighted by atomic mass is 9.87. The highest BCUT2D eigenvalue weighted by Crippen LogP contribution is 2.22. The van der Waals surface area contributed by atoms with Crippen molar-refractivity contribution in [1.29, 1.82) is 0 Å². The zero-order chi connectivity index (χ0) is 14.6. The molecule has 1 unspecified atom stereocenters. The number of benzene rings is 1. The van der Waals surface area contributed by atoms with E-state index in [4.69, 9.17) is 17.3 Å². The van der Waals surface area contributed by atoms with Gasteiger partial charge in [-0.05, 0) is 30.0 Å². The van der Waals surface area contributed by atoms with Crippen LogP contribution < -0.4 is 11.1 Å². The zero-order valence-corrected chi connectivity index (χ0v) is 12.2. The minimum absolute atomic E-state index is 0.0713. The maximum Gasteiger partial charge on any atom is 0.225 e. The van der Waals surface area contributed by atoms with Crippen molar-refractivity contribution < 1.29 is 9.18 Å². The van der Waals surface area contributed by atoms with Gasteiger partial charge in [-0.15, -0.1) is 0 Å². The maximum absolute atomic E-state index is 13.1. The smallest absolute Gasteiger partial charge is 0.225 e. The first-order valence-corrected chi connectivity index (χ1v) is 6.55. The summed E-state index contributed by atoms with van der Waals surface area (Å²) in [6.07, 6.45) is 0.940. The van der Waals surface area contributed by atoms with Gasteiger partial charge in [0.15, 0.2) is 0 Å². The third-order valence-electron chi connectivity index (χ3n) is 2.47. The number of carbonyl (C=O) groups is 1. The van der Waals surface area contributed by atoms with Gasteiger partial charge in [0, 0.05) is 23.2 Å². The van der Waals surface area contributed by atoms with Crippen molar-refractivity contribution in [3.63, 3.8) is 0 Å². The second-order valence-corrected chi connectivity index (χ2v) is 6.37. The lowest BCUT2D eigenvalue weighted by molar-refractivity contribution is -0.116. The SMILES string of the molecule is CC(C)(C)CC(N)CC(=O)Nc1cc(F)cc(Cl)c1. The summed E-state index contributed by atoms with van der Waals surface area (Å²) in [5.41, 5.74) is 6.33. The molecule has 5 heteroatoms. The van der Waals surface area contributed by atoms with E-state index < -0.39 is 5.82 Å². The number of hydrogen-bond acceptors (Lipinski definition) is 2. The standard InChI is InChI=1S/C14H20ClFN2O/c1-14(2,3)8-11(17)7-13(19)18-12-5-9(15)4-10(16)6-12/h4-6,11H,7-8,17H2,1-3H3,(H,18,19). The van der Waals surface area contributed by atoms with E-state index >= 15 is 0 Å². The van der Waals surface area contributed by atoms with Gasteiger partial charge in [-0.3, -0.25) is 4.79 Å². The summed E-state index contributed by atoms with van der Waals surface area (Å²) in [4.78, 5) is 11.8. The van der Waals surface area contributed by atoms with Gasteiger partial charge in [-0.1, -0.05) is 32.4 Å². The average Bonchev–Trinajstić information content (AvgIpc) is 2.10. The van der Waals surface area contributed by atoms with Crippen LogP contribution in [0.2, 0.25) is 5.02 Å². The molecule has 0 saturated heterocycles. The van der Waals surface area contributed by atoms with Crippen molar-refractivity contribution in [2.45, 2.75) is 39.7 Å². The minimum Gasteiger partial charge on any atom is -0.327 e. The Hall–Kier alpha value is -1.13. The third kappa shape index (κ3) is 6.55. The van der Waals surface area contributed by atoms with Crippen molar-refractivity contribution >= 4 is 23.2 Å². The highest BCUT2D eigenvalue weighted by Gasteiger charge is 2.18. The fraction of sp³-hybridized carbons (Fsp3) is 0.500. The maximum atomic E-state index is 13.1. The third-order valence-corrected chi connectivity index (χ3v) is 2.69. The topological polar surface area (TPSA) is 55.1 Å². The van der Waals surface area contributed by atoms with Crippen LogP contribution in [0.5, 0.6) is 0 Å². The molecule has 0 aliphatic rings. The van der Waals surface area contributed by atoms with Crippen LogP contribution in [0.15, 0.2) is 18.2 Å². The molecule has 1 rings (SSSR count). The molecule has 0 spiro atoms. The highest BCUT2D eigenvalue weighted by atomic mass is 35.5. The molecule has 0 aliphatic carbocycles. The average molecular weight is 287 g/mol. The first kappa shape index (κ1) is 15.9. The first-order chi connectivity index (χ1) is 8.65. The van der Waals surface area contributed by atoms with Gasteiger partial charge in [0.25, 0.3) is 0 Å². The summed E-state index contributed by atoms with van der Waals surface area (Å²) in [6.45, 7) is 6.20. The number of rotatable bonds is 4. The van der Waals surface area contributed by atoms with Gasteiger partial charge in [-0.25, -0.2) is 4.39 Å². The largest absolute Gasteiger partial charge is 0.327 e. The van der Waals surface area contributed by atoms with Crippen molar-refractivity contribution in [3.05, 3.63) is 29.0 Å². The molecular formula is C14H20ClFN2O.